The van der Waals surface area contributed by atoms with Crippen molar-refractivity contribution in [3.05, 3.63) is 35.1 Å². The number of aliphatic hydroxyl groups is 1. The van der Waals surface area contributed by atoms with Crippen LogP contribution in [0.15, 0.2) is 18.2 Å². The molecule has 0 aliphatic rings. The van der Waals surface area contributed by atoms with E-state index in [0.717, 1.165) is 12.0 Å². The third-order valence-electron chi connectivity index (χ3n) is 3.00. The predicted octanol–water partition coefficient (Wildman–Crippen LogP) is 2.79. The lowest BCUT2D eigenvalue weighted by molar-refractivity contribution is 0.0959. The minimum atomic E-state index is -0.817. The van der Waals surface area contributed by atoms with E-state index in [0.29, 0.717) is 18.0 Å². The molecular formula is C14H22FNO. The van der Waals surface area contributed by atoms with E-state index in [1.54, 1.807) is 6.07 Å². The molecule has 0 spiro atoms. The summed E-state index contributed by atoms with van der Waals surface area (Å²) in [6.07, 6.45) is -0.0201. The third-order valence-corrected chi connectivity index (χ3v) is 3.00. The quantitative estimate of drug-likeness (QED) is 0.830. The summed E-state index contributed by atoms with van der Waals surface area (Å²) in [4.78, 5) is 0. The highest BCUT2D eigenvalue weighted by atomic mass is 19.1. The number of aliphatic hydroxyl groups excluding tert-OH is 1. The maximum absolute atomic E-state index is 13.7. The first-order valence-electron chi connectivity index (χ1n) is 6.09. The highest BCUT2D eigenvalue weighted by molar-refractivity contribution is 5.25. The fourth-order valence-corrected chi connectivity index (χ4v) is 2.09. The molecular weight excluding hydrogens is 217 g/mol. The lowest BCUT2D eigenvalue weighted by Crippen LogP contribution is -2.24. The summed E-state index contributed by atoms with van der Waals surface area (Å²) in [5, 5.41) is 10.2. The van der Waals surface area contributed by atoms with Gasteiger partial charge in [-0.2, -0.15) is 0 Å². The molecule has 1 aromatic rings. The average molecular weight is 239 g/mol. The maximum Gasteiger partial charge on any atom is 0.129 e. The molecule has 3 heteroatoms. The van der Waals surface area contributed by atoms with Crippen LogP contribution in [-0.4, -0.2) is 11.7 Å². The Hall–Kier alpha value is -0.930. The van der Waals surface area contributed by atoms with E-state index in [1.165, 1.54) is 6.07 Å². The first-order valence-corrected chi connectivity index (χ1v) is 6.09. The van der Waals surface area contributed by atoms with Crippen molar-refractivity contribution < 1.29 is 9.50 Å². The summed E-state index contributed by atoms with van der Waals surface area (Å²) >= 11 is 0. The SMILES string of the molecule is Cc1ccc(C(O)C(CN)CC(C)C)c(F)c1. The monoisotopic (exact) mass is 239 g/mol. The maximum atomic E-state index is 13.7. The van der Waals surface area contributed by atoms with Crippen molar-refractivity contribution in [2.45, 2.75) is 33.3 Å². The molecule has 3 N–H and O–H groups in total. The minimum absolute atomic E-state index is 0.0905. The van der Waals surface area contributed by atoms with Crippen molar-refractivity contribution in [3.63, 3.8) is 0 Å². The first kappa shape index (κ1) is 14.1. The van der Waals surface area contributed by atoms with Crippen LogP contribution in [0.5, 0.6) is 0 Å². The Morgan fingerprint density at radius 2 is 2.00 bits per heavy atom. The zero-order valence-corrected chi connectivity index (χ0v) is 10.8. The molecule has 2 atom stereocenters. The molecule has 1 aromatic carbocycles. The Bertz CT molecular complexity index is 365. The fourth-order valence-electron chi connectivity index (χ4n) is 2.09. The fraction of sp³-hybridized carbons (Fsp3) is 0.571. The predicted molar refractivity (Wildman–Crippen MR) is 68.1 cm³/mol. The van der Waals surface area contributed by atoms with E-state index >= 15 is 0 Å². The van der Waals surface area contributed by atoms with Gasteiger partial charge in [0.05, 0.1) is 6.10 Å². The third kappa shape index (κ3) is 3.79. The van der Waals surface area contributed by atoms with Crippen molar-refractivity contribution in [1.29, 1.82) is 0 Å². The first-order chi connectivity index (χ1) is 7.95. The Balaban J connectivity index is 2.89. The van der Waals surface area contributed by atoms with E-state index < -0.39 is 6.10 Å². The van der Waals surface area contributed by atoms with Crippen LogP contribution in [-0.2, 0) is 0 Å². The summed E-state index contributed by atoms with van der Waals surface area (Å²) in [5.74, 6) is -0.00128. The van der Waals surface area contributed by atoms with Crippen molar-refractivity contribution >= 4 is 0 Å². The van der Waals surface area contributed by atoms with Gasteiger partial charge in [-0.3, -0.25) is 0 Å². The molecule has 0 fully saturated rings. The zero-order valence-electron chi connectivity index (χ0n) is 10.8. The number of nitrogens with two attached hydrogens (primary N) is 1. The molecule has 0 saturated heterocycles. The van der Waals surface area contributed by atoms with E-state index in [-0.39, 0.29) is 11.7 Å². The van der Waals surface area contributed by atoms with Gasteiger partial charge in [0.1, 0.15) is 5.82 Å². The summed E-state index contributed by atoms with van der Waals surface area (Å²) < 4.78 is 13.7. The van der Waals surface area contributed by atoms with Gasteiger partial charge in [0.2, 0.25) is 0 Å². The molecule has 2 nitrogen and oxygen atoms in total. The topological polar surface area (TPSA) is 46.2 Å². The summed E-state index contributed by atoms with van der Waals surface area (Å²) in [6.45, 7) is 6.34. The lowest BCUT2D eigenvalue weighted by Gasteiger charge is -2.24. The van der Waals surface area contributed by atoms with Gasteiger partial charge in [0.15, 0.2) is 0 Å². The molecule has 0 aromatic heterocycles. The van der Waals surface area contributed by atoms with E-state index in [1.807, 2.05) is 13.0 Å². The zero-order chi connectivity index (χ0) is 13.0. The number of rotatable bonds is 5. The lowest BCUT2D eigenvalue weighted by atomic mass is 9.88. The number of hydrogen-bond acceptors (Lipinski definition) is 2. The molecule has 0 aliphatic carbocycles. The summed E-state index contributed by atoms with van der Waals surface area (Å²) in [5.41, 5.74) is 6.86. The van der Waals surface area contributed by atoms with Crippen LogP contribution >= 0.6 is 0 Å². The number of halogens is 1. The number of hydrogen-bond donors (Lipinski definition) is 2. The second-order valence-electron chi connectivity index (χ2n) is 5.10. The van der Waals surface area contributed by atoms with E-state index in [2.05, 4.69) is 13.8 Å². The van der Waals surface area contributed by atoms with Crippen LogP contribution in [0.1, 0.15) is 37.5 Å². The molecule has 2 unspecified atom stereocenters. The Morgan fingerprint density at radius 3 is 2.47 bits per heavy atom. The molecule has 1 rings (SSSR count). The van der Waals surface area contributed by atoms with Gasteiger partial charge >= 0.3 is 0 Å². The van der Waals surface area contributed by atoms with Crippen molar-refractivity contribution in [2.24, 2.45) is 17.6 Å². The highest BCUT2D eigenvalue weighted by Gasteiger charge is 2.23. The van der Waals surface area contributed by atoms with Crippen LogP contribution in [0.25, 0.3) is 0 Å². The van der Waals surface area contributed by atoms with Gasteiger partial charge in [-0.05, 0) is 37.4 Å². The smallest absolute Gasteiger partial charge is 0.129 e. The minimum Gasteiger partial charge on any atom is -0.388 e. The molecule has 0 radical (unpaired) electrons. The highest BCUT2D eigenvalue weighted by Crippen LogP contribution is 2.28. The van der Waals surface area contributed by atoms with Gasteiger partial charge in [0, 0.05) is 11.5 Å². The van der Waals surface area contributed by atoms with Crippen molar-refractivity contribution in [1.82, 2.24) is 0 Å². The Morgan fingerprint density at radius 1 is 1.35 bits per heavy atom. The van der Waals surface area contributed by atoms with Crippen LogP contribution in [0.2, 0.25) is 0 Å². The normalized spacial score (nSPS) is 15.0. The number of benzene rings is 1. The van der Waals surface area contributed by atoms with E-state index in [9.17, 15) is 9.50 Å². The largest absolute Gasteiger partial charge is 0.388 e. The summed E-state index contributed by atoms with van der Waals surface area (Å²) in [7, 11) is 0. The Labute approximate surface area is 103 Å². The van der Waals surface area contributed by atoms with Crippen LogP contribution in [0.4, 0.5) is 4.39 Å². The van der Waals surface area contributed by atoms with Gasteiger partial charge in [-0.15, -0.1) is 0 Å². The van der Waals surface area contributed by atoms with Crippen LogP contribution < -0.4 is 5.73 Å². The van der Waals surface area contributed by atoms with Gasteiger partial charge in [-0.25, -0.2) is 4.39 Å². The van der Waals surface area contributed by atoms with Crippen LogP contribution in [0.3, 0.4) is 0 Å². The van der Waals surface area contributed by atoms with Crippen LogP contribution in [0, 0.1) is 24.6 Å². The van der Waals surface area contributed by atoms with Gasteiger partial charge in [-0.1, -0.05) is 26.0 Å². The molecule has 0 saturated carbocycles. The number of aryl methyl sites for hydroxylation is 1. The molecule has 0 amide bonds. The van der Waals surface area contributed by atoms with E-state index in [4.69, 9.17) is 5.73 Å². The standard InChI is InChI=1S/C14H22FNO/c1-9(2)6-11(8-16)14(17)12-5-4-10(3)7-13(12)15/h4-5,7,9,11,14,17H,6,8,16H2,1-3H3. The molecule has 0 bridgehead atoms. The average Bonchev–Trinajstić information content (AvgIpc) is 2.24. The molecule has 96 valence electrons. The van der Waals surface area contributed by atoms with Gasteiger partial charge < -0.3 is 10.8 Å². The van der Waals surface area contributed by atoms with Crippen molar-refractivity contribution in [2.75, 3.05) is 6.54 Å². The second-order valence-corrected chi connectivity index (χ2v) is 5.10. The summed E-state index contributed by atoms with van der Waals surface area (Å²) in [6, 6.07) is 4.91. The van der Waals surface area contributed by atoms with Crippen molar-refractivity contribution in [3.8, 4) is 0 Å². The molecule has 0 aliphatic heterocycles. The Kier molecular flexibility index (Phi) is 5.09. The second kappa shape index (κ2) is 6.12. The molecule has 0 heterocycles. The molecule has 17 heavy (non-hydrogen) atoms. The van der Waals surface area contributed by atoms with Gasteiger partial charge in [0.25, 0.3) is 0 Å².